The quantitative estimate of drug-likeness (QED) is 0.0204. The molecule has 5 aliphatic rings. The summed E-state index contributed by atoms with van der Waals surface area (Å²) in [5.41, 5.74) is -9.90. The van der Waals surface area contributed by atoms with Gasteiger partial charge in [0.25, 0.3) is 11.8 Å². The Morgan fingerprint density at radius 1 is 0.692 bits per heavy atom. The summed E-state index contributed by atoms with van der Waals surface area (Å²) in [7, 11) is 0. The van der Waals surface area contributed by atoms with Gasteiger partial charge in [0.15, 0.2) is 10.2 Å². The van der Waals surface area contributed by atoms with E-state index in [1.807, 2.05) is 18.7 Å². The normalized spacial score (nSPS) is 21.1. The fraction of sp³-hybridized carbons (Fsp3) is 0.452. The molecule has 3 N–H and O–H groups in total. The highest BCUT2D eigenvalue weighted by molar-refractivity contribution is 7.81. The van der Waals surface area contributed by atoms with Crippen LogP contribution in [0.4, 0.5) is 79.3 Å². The molecule has 107 heavy (non-hydrogen) atoms. The van der Waals surface area contributed by atoms with Crippen molar-refractivity contribution in [2.24, 2.45) is 0 Å². The standard InChI is InChI=1S/C73H78ClF9N12O10S2/c1-11-43-27-49(94-67(106)92(64(100)69(94,7)8)48-14-13-45(33-84)53(32-48)71(75,76)77)15-20-57(43)104-26-24-89-36-41(5)90(42(6)37-89)38-59(97)91(51-30-46(74)29-47(31-51)86-54-18-22-58(96)87-62(54)98)61-55(19-17-52(60(61)72(78,79)80)63(99)105-66(102)73(81,82)83)93-65(101)70(9,10)95(68(93)107)50-16-21-56(44(12-2)28-50)103-25-23-88-34-39(3)85-40(4)35-88/h13-17,19-21,27-32,39-42,54,85-86H,11-12,18,22-26,34-38H2,1-10H3,(H,87,96,98)/t39-,40-,41-,42-,54?/m1/s1. The SMILES string of the molecule is CCc1cc(N2C(=S)N(c3ccc(C(=O)OC(=O)C(F)(F)F)c(C(F)(F)F)c3N(C(=O)CN3[C@H](C)CN(CCOc4ccc(N5C(=S)N(c6ccc(C#N)c(C(F)(F)F)c6)C(=O)C5(C)C)cc4CC)C[C@H]3C)c3cc(Cl)cc(NC4CCC(=O)NC4=O)c3)C(=O)C2(C)C)ccc1OCCN1C[C@@H](C)N[C@H](C)C1. The average molecular weight is 1550 g/mol. The largest absolute Gasteiger partial charge is 0.492 e. The Bertz CT molecular complexity index is 4420. The van der Waals surface area contributed by atoms with E-state index in [0.717, 1.165) is 42.3 Å². The summed E-state index contributed by atoms with van der Waals surface area (Å²) in [6.07, 6.45) is -16.1. The molecule has 0 bridgehead atoms. The molecule has 0 aromatic heterocycles. The van der Waals surface area contributed by atoms with Gasteiger partial charge in [-0.15, -0.1) is 0 Å². The van der Waals surface area contributed by atoms with E-state index < -0.39 is 140 Å². The van der Waals surface area contributed by atoms with Gasteiger partial charge < -0.3 is 34.6 Å². The number of carbonyl (C=O) groups is 7. The molecule has 5 aliphatic heterocycles. The first-order chi connectivity index (χ1) is 50.1. The highest BCUT2D eigenvalue weighted by Crippen LogP contribution is 2.51. The molecule has 1 unspecified atom stereocenters. The third-order valence-corrected chi connectivity index (χ3v) is 20.3. The Kier molecular flexibility index (Phi) is 23.5. The van der Waals surface area contributed by atoms with E-state index in [4.69, 9.17) is 45.5 Å². The highest BCUT2D eigenvalue weighted by atomic mass is 35.5. The van der Waals surface area contributed by atoms with Crippen molar-refractivity contribution in [3.8, 4) is 17.6 Å². The molecule has 10 rings (SSSR count). The molecule has 5 aromatic rings. The van der Waals surface area contributed by atoms with Crippen LogP contribution in [0.1, 0.15) is 120 Å². The maximum atomic E-state index is 16.8. The molecule has 0 saturated carbocycles. The third-order valence-electron chi connectivity index (χ3n) is 19.4. The fourth-order valence-corrected chi connectivity index (χ4v) is 15.6. The van der Waals surface area contributed by atoms with E-state index in [2.05, 4.69) is 39.4 Å². The van der Waals surface area contributed by atoms with Crippen molar-refractivity contribution in [1.29, 1.82) is 5.26 Å². The molecule has 5 aromatic carbocycles. The Hall–Kier alpha value is -9.04. The highest BCUT2D eigenvalue weighted by Gasteiger charge is 2.55. The first-order valence-electron chi connectivity index (χ1n) is 34.4. The Morgan fingerprint density at radius 3 is 1.74 bits per heavy atom. The number of aryl methyl sites for hydroxylation is 2. The van der Waals surface area contributed by atoms with Gasteiger partial charge in [-0.2, -0.15) is 44.8 Å². The van der Waals surface area contributed by atoms with E-state index in [1.165, 1.54) is 41.8 Å². The van der Waals surface area contributed by atoms with Crippen molar-refractivity contribution in [2.45, 2.75) is 155 Å². The number of halogens is 10. The van der Waals surface area contributed by atoms with Crippen LogP contribution in [0, 0.1) is 11.3 Å². The van der Waals surface area contributed by atoms with Crippen molar-refractivity contribution in [2.75, 3.05) is 88.8 Å². The Balaban J connectivity index is 0.978. The number of thiocarbonyl (C=S) groups is 2. The van der Waals surface area contributed by atoms with Crippen LogP contribution < -0.4 is 49.9 Å². The van der Waals surface area contributed by atoms with Crippen molar-refractivity contribution >= 4 is 128 Å². The second kappa shape index (κ2) is 31.3. The van der Waals surface area contributed by atoms with Crippen LogP contribution in [0.5, 0.6) is 11.5 Å². The number of piperazine rings is 2. The van der Waals surface area contributed by atoms with E-state index in [0.29, 0.717) is 76.2 Å². The molecule has 0 radical (unpaired) electrons. The van der Waals surface area contributed by atoms with Gasteiger partial charge in [0, 0.05) is 91.9 Å². The van der Waals surface area contributed by atoms with Gasteiger partial charge in [0.2, 0.25) is 17.7 Å². The Labute approximate surface area is 626 Å². The molecule has 5 fully saturated rings. The fourth-order valence-electron chi connectivity index (χ4n) is 14.4. The van der Waals surface area contributed by atoms with E-state index >= 15 is 22.8 Å². The number of nitrogens with zero attached hydrogens (tertiary/aromatic N) is 9. The topological polar surface area (TPSA) is 233 Å². The van der Waals surface area contributed by atoms with Crippen molar-refractivity contribution < 1.29 is 87.3 Å². The number of imide groups is 1. The summed E-state index contributed by atoms with van der Waals surface area (Å²) < 4.78 is 151. The molecule has 0 aliphatic carbocycles. The number of rotatable bonds is 21. The second-order valence-corrected chi connectivity index (χ2v) is 29.1. The molecule has 5 saturated heterocycles. The average Bonchev–Trinajstić information content (AvgIpc) is 1.65. The van der Waals surface area contributed by atoms with Gasteiger partial charge in [-0.25, -0.2) is 9.59 Å². The predicted molar refractivity (Wildman–Crippen MR) is 389 cm³/mol. The van der Waals surface area contributed by atoms with Crippen LogP contribution >= 0.6 is 36.0 Å². The second-order valence-electron chi connectivity index (χ2n) is 27.9. The van der Waals surface area contributed by atoms with Crippen molar-refractivity contribution in [3.05, 3.63) is 123 Å². The van der Waals surface area contributed by atoms with Gasteiger partial charge in [-0.1, -0.05) is 25.4 Å². The zero-order valence-corrected chi connectivity index (χ0v) is 62.3. The molecule has 0 spiro atoms. The summed E-state index contributed by atoms with van der Waals surface area (Å²) in [6, 6.07) is 17.1. The lowest BCUT2D eigenvalue weighted by molar-refractivity contribution is -0.193. The van der Waals surface area contributed by atoms with Crippen LogP contribution in [0.15, 0.2) is 84.9 Å². The van der Waals surface area contributed by atoms with Gasteiger partial charge in [0.1, 0.15) is 41.8 Å². The molecule has 22 nitrogen and oxygen atoms in total. The molecule has 5 amide bonds. The summed E-state index contributed by atoms with van der Waals surface area (Å²) in [4.78, 5) is 108. The summed E-state index contributed by atoms with van der Waals surface area (Å²) >= 11 is 18.7. The number of ether oxygens (including phenoxy) is 3. The Morgan fingerprint density at radius 2 is 1.22 bits per heavy atom. The number of carbonyl (C=O) groups excluding carboxylic acids is 7. The maximum absolute atomic E-state index is 16.8. The van der Waals surface area contributed by atoms with Crippen molar-refractivity contribution in [3.63, 3.8) is 0 Å². The number of anilines is 7. The smallest absolute Gasteiger partial charge is 0.491 e. The van der Waals surface area contributed by atoms with Crippen molar-refractivity contribution in [1.82, 2.24) is 25.3 Å². The number of nitriles is 1. The maximum Gasteiger partial charge on any atom is 0.491 e. The zero-order chi connectivity index (χ0) is 78.5. The molecule has 572 valence electrons. The lowest BCUT2D eigenvalue weighted by Crippen LogP contribution is -2.59. The number of hydrogen-bond acceptors (Lipinski definition) is 18. The number of benzene rings is 5. The predicted octanol–water partition coefficient (Wildman–Crippen LogP) is 11.9. The van der Waals surface area contributed by atoms with E-state index in [-0.39, 0.29) is 78.4 Å². The molecule has 34 heteroatoms. The van der Waals surface area contributed by atoms with Crippen LogP contribution in [-0.2, 0) is 58.7 Å². The third kappa shape index (κ3) is 16.8. The summed E-state index contributed by atoms with van der Waals surface area (Å²) in [5.74, 6) is -8.89. The number of amides is 5. The summed E-state index contributed by atoms with van der Waals surface area (Å²) in [6.45, 7) is 19.8. The van der Waals surface area contributed by atoms with Gasteiger partial charge in [-0.3, -0.25) is 58.7 Å². The molecule has 5 heterocycles. The number of hydrogen-bond donors (Lipinski definition) is 3. The van der Waals surface area contributed by atoms with Crippen LogP contribution in [0.3, 0.4) is 0 Å². The van der Waals surface area contributed by atoms with Crippen LogP contribution in [-0.4, -0.2) is 173 Å². The molecular formula is C73H78ClF9N12O10S2. The molecular weight excluding hydrogens is 1480 g/mol. The minimum Gasteiger partial charge on any atom is -0.492 e. The number of nitrogens with one attached hydrogen (secondary N) is 3. The minimum absolute atomic E-state index is 0.0695. The monoisotopic (exact) mass is 1550 g/mol. The van der Waals surface area contributed by atoms with Gasteiger partial charge in [-0.05, 0) is 195 Å². The number of piperidine rings is 1. The van der Waals surface area contributed by atoms with Crippen LogP contribution in [0.2, 0.25) is 5.02 Å². The minimum atomic E-state index is -5.90. The van der Waals surface area contributed by atoms with E-state index in [1.54, 1.807) is 69.0 Å². The lowest BCUT2D eigenvalue weighted by atomic mass is 9.98. The number of alkyl halides is 9. The number of esters is 2. The first-order valence-corrected chi connectivity index (χ1v) is 35.6. The van der Waals surface area contributed by atoms with Gasteiger partial charge in [0.05, 0.1) is 57.6 Å². The molecule has 5 atom stereocenters. The van der Waals surface area contributed by atoms with Crippen LogP contribution in [0.25, 0.3) is 0 Å². The zero-order valence-electron chi connectivity index (χ0n) is 59.9. The van der Waals surface area contributed by atoms with Gasteiger partial charge >= 0.3 is 30.5 Å². The first kappa shape index (κ1) is 80.5. The summed E-state index contributed by atoms with van der Waals surface area (Å²) in [5, 5.41) is 17.1. The van der Waals surface area contributed by atoms with E-state index in [9.17, 15) is 55.6 Å². The lowest BCUT2D eigenvalue weighted by Gasteiger charge is -2.44.